The van der Waals surface area contributed by atoms with Crippen LogP contribution in [-0.4, -0.2) is 48.8 Å². The van der Waals surface area contributed by atoms with E-state index in [1.165, 1.54) is 33.5 Å². The molecule has 0 saturated carbocycles. The monoisotopic (exact) mass is 404 g/mol. The lowest BCUT2D eigenvalue weighted by molar-refractivity contribution is -0.140. The van der Waals surface area contributed by atoms with Crippen LogP contribution in [0.1, 0.15) is 20.9 Å². The Morgan fingerprint density at radius 1 is 1.22 bits per heavy atom. The third-order valence-corrected chi connectivity index (χ3v) is 4.00. The average molecular weight is 404 g/mol. The first-order chi connectivity index (χ1) is 12.8. The van der Waals surface area contributed by atoms with Gasteiger partial charge in [-0.2, -0.15) is 13.2 Å². The zero-order chi connectivity index (χ0) is 20.0. The van der Waals surface area contributed by atoms with Crippen molar-refractivity contribution in [3.05, 3.63) is 28.5 Å². The molecule has 2 aromatic rings. The molecule has 2 rings (SSSR count). The highest BCUT2D eigenvalue weighted by atomic mass is 32.1. The Morgan fingerprint density at radius 2 is 1.85 bits per heavy atom. The number of rotatable bonds is 7. The van der Waals surface area contributed by atoms with Gasteiger partial charge in [0.1, 0.15) is 6.33 Å². The second-order valence-corrected chi connectivity index (χ2v) is 5.84. The number of hydrogen-bond acceptors (Lipinski definition) is 8. The first-order valence-corrected chi connectivity index (χ1v) is 8.11. The summed E-state index contributed by atoms with van der Waals surface area (Å²) in [6.45, 7) is 0.132. The van der Waals surface area contributed by atoms with Gasteiger partial charge < -0.3 is 14.2 Å². The van der Waals surface area contributed by atoms with Gasteiger partial charge in [0, 0.05) is 7.11 Å². The number of carbonyl (C=O) groups excluding carboxylic acids is 1. The highest BCUT2D eigenvalue weighted by Gasteiger charge is 2.37. The van der Waals surface area contributed by atoms with Gasteiger partial charge in [0.15, 0.2) is 16.4 Å². The highest BCUT2D eigenvalue weighted by Crippen LogP contribution is 2.37. The van der Waals surface area contributed by atoms with Crippen LogP contribution in [-0.2, 0) is 10.9 Å². The van der Waals surface area contributed by atoms with Gasteiger partial charge in [0.25, 0.3) is 5.91 Å². The van der Waals surface area contributed by atoms with Crippen molar-refractivity contribution in [1.82, 2.24) is 15.0 Å². The SMILES string of the molecule is COC/C=C/c1sc(NC(=O)c2c(OC)ncnc2OC)nc1C(F)(F)F. The molecule has 12 heteroatoms. The van der Waals surface area contributed by atoms with E-state index in [4.69, 9.17) is 14.2 Å². The molecule has 2 heterocycles. The normalized spacial score (nSPS) is 11.6. The van der Waals surface area contributed by atoms with Crippen LogP contribution in [0.15, 0.2) is 12.4 Å². The zero-order valence-corrected chi connectivity index (χ0v) is 15.3. The maximum atomic E-state index is 13.2. The molecular weight excluding hydrogens is 389 g/mol. The highest BCUT2D eigenvalue weighted by molar-refractivity contribution is 7.16. The van der Waals surface area contributed by atoms with Crippen LogP contribution in [0.5, 0.6) is 11.8 Å². The van der Waals surface area contributed by atoms with Gasteiger partial charge in [-0.1, -0.05) is 17.4 Å². The first kappa shape index (κ1) is 20.6. The van der Waals surface area contributed by atoms with Gasteiger partial charge in [0.2, 0.25) is 11.8 Å². The number of alkyl halides is 3. The Bertz CT molecular complexity index is 817. The third kappa shape index (κ3) is 4.92. The molecule has 1 amide bonds. The summed E-state index contributed by atoms with van der Waals surface area (Å²) in [5.41, 5.74) is -1.28. The number of nitrogens with zero attached hydrogens (tertiary/aromatic N) is 3. The minimum absolute atomic E-state index is 0.0906. The third-order valence-electron chi connectivity index (χ3n) is 3.07. The summed E-state index contributed by atoms with van der Waals surface area (Å²) in [7, 11) is 3.97. The van der Waals surface area contributed by atoms with E-state index in [0.29, 0.717) is 11.3 Å². The molecular formula is C15H15F3N4O4S. The molecule has 0 saturated heterocycles. The molecule has 0 bridgehead atoms. The van der Waals surface area contributed by atoms with Crippen LogP contribution in [0.2, 0.25) is 0 Å². The van der Waals surface area contributed by atoms with Crippen LogP contribution in [0.4, 0.5) is 18.3 Å². The van der Waals surface area contributed by atoms with E-state index >= 15 is 0 Å². The van der Waals surface area contributed by atoms with Crippen molar-refractivity contribution in [3.8, 4) is 11.8 Å². The Kier molecular flexibility index (Phi) is 6.69. The van der Waals surface area contributed by atoms with Gasteiger partial charge in [-0.25, -0.2) is 15.0 Å². The average Bonchev–Trinajstić information content (AvgIpc) is 3.04. The summed E-state index contributed by atoms with van der Waals surface area (Å²) in [6, 6.07) is 0. The van der Waals surface area contributed by atoms with E-state index in [-0.39, 0.29) is 33.9 Å². The summed E-state index contributed by atoms with van der Waals surface area (Å²) >= 11 is 0.659. The smallest absolute Gasteiger partial charge is 0.434 e. The quantitative estimate of drug-likeness (QED) is 0.758. The lowest BCUT2D eigenvalue weighted by Crippen LogP contribution is -2.16. The molecule has 2 aromatic heterocycles. The molecule has 0 aliphatic heterocycles. The van der Waals surface area contributed by atoms with Crippen molar-refractivity contribution in [2.45, 2.75) is 6.18 Å². The van der Waals surface area contributed by atoms with Crippen LogP contribution < -0.4 is 14.8 Å². The summed E-state index contributed by atoms with van der Waals surface area (Å²) in [6.07, 6.45) is -0.923. The van der Waals surface area contributed by atoms with Gasteiger partial charge in [0.05, 0.1) is 25.7 Å². The maximum Gasteiger partial charge on any atom is 0.434 e. The van der Waals surface area contributed by atoms with Gasteiger partial charge in [-0.3, -0.25) is 10.1 Å². The molecule has 0 spiro atoms. The van der Waals surface area contributed by atoms with Gasteiger partial charge in [-0.05, 0) is 6.08 Å². The minimum Gasteiger partial charge on any atom is -0.480 e. The van der Waals surface area contributed by atoms with Crippen LogP contribution >= 0.6 is 11.3 Å². The molecule has 0 atom stereocenters. The molecule has 0 aliphatic rings. The van der Waals surface area contributed by atoms with E-state index in [0.717, 1.165) is 6.33 Å². The lowest BCUT2D eigenvalue weighted by Gasteiger charge is -2.09. The fraction of sp³-hybridized carbons (Fsp3) is 0.333. The van der Waals surface area contributed by atoms with Crippen molar-refractivity contribution >= 4 is 28.5 Å². The lowest BCUT2D eigenvalue weighted by atomic mass is 10.3. The second kappa shape index (κ2) is 8.77. The van der Waals surface area contributed by atoms with E-state index in [2.05, 4.69) is 20.3 Å². The van der Waals surface area contributed by atoms with Crippen molar-refractivity contribution in [3.63, 3.8) is 0 Å². The van der Waals surface area contributed by atoms with Crippen molar-refractivity contribution in [2.75, 3.05) is 33.3 Å². The minimum atomic E-state index is -4.68. The molecule has 1 N–H and O–H groups in total. The topological polar surface area (TPSA) is 95.5 Å². The number of nitrogens with one attached hydrogen (secondary N) is 1. The van der Waals surface area contributed by atoms with Crippen molar-refractivity contribution in [2.24, 2.45) is 0 Å². The molecule has 0 aromatic carbocycles. The number of carbonyl (C=O) groups is 1. The molecule has 0 aliphatic carbocycles. The van der Waals surface area contributed by atoms with Crippen LogP contribution in [0, 0.1) is 0 Å². The summed E-state index contributed by atoms with van der Waals surface area (Å²) in [4.78, 5) is 23.4. The molecule has 0 unspecified atom stereocenters. The first-order valence-electron chi connectivity index (χ1n) is 7.29. The number of ether oxygens (including phenoxy) is 3. The molecule has 8 nitrogen and oxygen atoms in total. The summed E-state index contributed by atoms with van der Waals surface area (Å²) in [5.74, 6) is -1.00. The number of thiazole rings is 1. The number of aromatic nitrogens is 3. The fourth-order valence-corrected chi connectivity index (χ4v) is 2.88. The second-order valence-electron chi connectivity index (χ2n) is 4.81. The zero-order valence-electron chi connectivity index (χ0n) is 14.5. The number of methoxy groups -OCH3 is 3. The van der Waals surface area contributed by atoms with Crippen LogP contribution in [0.3, 0.4) is 0 Å². The Balaban J connectivity index is 2.36. The van der Waals surface area contributed by atoms with E-state index in [9.17, 15) is 18.0 Å². The van der Waals surface area contributed by atoms with Gasteiger partial charge >= 0.3 is 6.18 Å². The summed E-state index contributed by atoms with van der Waals surface area (Å²) < 4.78 is 54.3. The largest absolute Gasteiger partial charge is 0.480 e. The van der Waals surface area contributed by atoms with Crippen molar-refractivity contribution in [1.29, 1.82) is 0 Å². The van der Waals surface area contributed by atoms with E-state index in [1.54, 1.807) is 0 Å². The van der Waals surface area contributed by atoms with Crippen molar-refractivity contribution < 1.29 is 32.2 Å². The number of anilines is 1. The molecule has 27 heavy (non-hydrogen) atoms. The number of hydrogen-bond donors (Lipinski definition) is 1. The fourth-order valence-electron chi connectivity index (χ4n) is 1.97. The molecule has 146 valence electrons. The number of amides is 1. The number of halogens is 3. The maximum absolute atomic E-state index is 13.2. The van der Waals surface area contributed by atoms with E-state index < -0.39 is 17.8 Å². The van der Waals surface area contributed by atoms with Gasteiger partial charge in [-0.15, -0.1) is 0 Å². The predicted molar refractivity (Wildman–Crippen MR) is 91.1 cm³/mol. The Morgan fingerprint density at radius 3 is 2.37 bits per heavy atom. The Labute approximate surface area is 156 Å². The molecule has 0 radical (unpaired) electrons. The predicted octanol–water partition coefficient (Wildman–Crippen LogP) is 2.88. The summed E-state index contributed by atoms with van der Waals surface area (Å²) in [5, 5.41) is 2.04. The molecule has 0 fully saturated rings. The standard InChI is InChI=1S/C15H15F3N4O4S/c1-24-6-4-5-8-10(15(16,17)18)21-14(27-8)22-11(23)9-12(25-2)19-7-20-13(9)26-3/h4-5,7H,6H2,1-3H3,(H,21,22,23)/b5-4+. The Hall–Kier alpha value is -2.73. The van der Waals surface area contributed by atoms with Crippen LogP contribution in [0.25, 0.3) is 6.08 Å². The van der Waals surface area contributed by atoms with E-state index in [1.807, 2.05) is 0 Å².